The Labute approximate surface area is 186 Å². The van der Waals surface area contributed by atoms with Crippen LogP contribution < -0.4 is 5.56 Å². The summed E-state index contributed by atoms with van der Waals surface area (Å²) in [4.78, 5) is 13.3. The van der Waals surface area contributed by atoms with Crippen LogP contribution in [0.15, 0.2) is 24.5 Å². The van der Waals surface area contributed by atoms with Crippen LogP contribution in [-0.4, -0.2) is 4.57 Å². The molecule has 0 aliphatic rings. The van der Waals surface area contributed by atoms with Crippen molar-refractivity contribution in [3.05, 3.63) is 30.1 Å². The number of pyridine rings is 1. The first-order valence-corrected chi connectivity index (χ1v) is 13.2. The molecule has 27 heavy (non-hydrogen) atoms. The number of rotatable bonds is 10. The van der Waals surface area contributed by atoms with E-state index in [-0.39, 0.29) is 5.56 Å². The monoisotopic (exact) mass is 531 g/mol. The summed E-state index contributed by atoms with van der Waals surface area (Å²) in [7, 11) is 0. The molecule has 0 saturated carbocycles. The zero-order valence-electron chi connectivity index (χ0n) is 16.0. The van der Waals surface area contributed by atoms with E-state index in [9.17, 15) is 4.79 Å². The maximum Gasteiger partial charge on any atom is 0.259 e. The molecule has 0 fully saturated rings. The van der Waals surface area contributed by atoms with E-state index in [1.807, 2.05) is 6.07 Å². The Hall–Kier alpha value is -0.170. The van der Waals surface area contributed by atoms with E-state index in [4.69, 9.17) is 0 Å². The highest BCUT2D eigenvalue weighted by Crippen LogP contribution is 2.39. The van der Waals surface area contributed by atoms with E-state index in [1.54, 1.807) is 22.7 Å². The third-order valence-electron chi connectivity index (χ3n) is 5.23. The number of thiophene rings is 2. The lowest BCUT2D eigenvalue weighted by Gasteiger charge is -2.19. The molecule has 0 aliphatic carbocycles. The zero-order valence-corrected chi connectivity index (χ0v) is 20.8. The van der Waals surface area contributed by atoms with Gasteiger partial charge in [0.2, 0.25) is 0 Å². The van der Waals surface area contributed by atoms with Gasteiger partial charge in [0.1, 0.15) is 0 Å². The molecule has 3 rings (SSSR count). The number of hydrogen-bond donors (Lipinski definition) is 0. The Bertz CT molecular complexity index is 957. The van der Waals surface area contributed by atoms with Gasteiger partial charge in [0.05, 0.1) is 27.9 Å². The van der Waals surface area contributed by atoms with Crippen molar-refractivity contribution < 1.29 is 0 Å². The van der Waals surface area contributed by atoms with Crippen LogP contribution in [0.4, 0.5) is 0 Å². The summed E-state index contributed by atoms with van der Waals surface area (Å²) in [5.41, 5.74) is 1.26. The second-order valence-electron chi connectivity index (χ2n) is 7.33. The van der Waals surface area contributed by atoms with Crippen molar-refractivity contribution in [1.82, 2.24) is 4.57 Å². The number of unbranched alkanes of at least 4 members (excludes halogenated alkanes) is 4. The van der Waals surface area contributed by atoms with Gasteiger partial charge in [-0.2, -0.15) is 0 Å². The maximum absolute atomic E-state index is 13.3. The zero-order chi connectivity index (χ0) is 19.4. The average Bonchev–Trinajstić information content (AvgIpc) is 3.22. The van der Waals surface area contributed by atoms with E-state index in [2.05, 4.69) is 56.3 Å². The Morgan fingerprint density at radius 3 is 2.33 bits per heavy atom. The molecule has 0 amide bonds. The van der Waals surface area contributed by atoms with Gasteiger partial charge in [0.25, 0.3) is 5.56 Å². The van der Waals surface area contributed by atoms with Crippen LogP contribution >= 0.6 is 54.5 Å². The van der Waals surface area contributed by atoms with Crippen LogP contribution in [0.25, 0.3) is 20.3 Å². The summed E-state index contributed by atoms with van der Waals surface area (Å²) in [6, 6.07) is 4.12. The second kappa shape index (κ2) is 10.0. The van der Waals surface area contributed by atoms with Crippen molar-refractivity contribution in [3.63, 3.8) is 0 Å². The Kier molecular flexibility index (Phi) is 8.01. The lowest BCUT2D eigenvalue weighted by molar-refractivity contribution is 0.364. The number of halogens is 2. The summed E-state index contributed by atoms with van der Waals surface area (Å²) in [6.07, 6.45) is 10.1. The van der Waals surface area contributed by atoms with Crippen LogP contribution in [0.3, 0.4) is 0 Å². The summed E-state index contributed by atoms with van der Waals surface area (Å²) >= 11 is 10.6. The fourth-order valence-electron chi connectivity index (χ4n) is 3.78. The van der Waals surface area contributed by atoms with Gasteiger partial charge in [-0.1, -0.05) is 52.4 Å². The van der Waals surface area contributed by atoms with Gasteiger partial charge < -0.3 is 4.57 Å². The summed E-state index contributed by atoms with van der Waals surface area (Å²) < 4.78 is 6.52. The SMILES string of the molecule is CCCCCCC(CCCC)Cn1c(=O)c2cc(Br)sc2c2sc(Br)cc21. The minimum Gasteiger partial charge on any atom is -0.306 e. The smallest absolute Gasteiger partial charge is 0.259 e. The molecule has 3 aromatic rings. The van der Waals surface area contributed by atoms with Crippen molar-refractivity contribution in [2.45, 2.75) is 71.8 Å². The highest BCUT2D eigenvalue weighted by molar-refractivity contribution is 9.11. The van der Waals surface area contributed by atoms with Crippen molar-refractivity contribution >= 4 is 74.8 Å². The van der Waals surface area contributed by atoms with Crippen molar-refractivity contribution in [2.24, 2.45) is 5.92 Å². The molecule has 1 atom stereocenters. The second-order valence-corrected chi connectivity index (χ2v) is 12.2. The quantitative estimate of drug-likeness (QED) is 0.239. The third kappa shape index (κ3) is 5.06. The predicted octanol–water partition coefficient (Wildman–Crippen LogP) is 8.58. The molecular weight excluding hydrogens is 506 g/mol. The van der Waals surface area contributed by atoms with Crippen LogP contribution in [-0.2, 0) is 6.54 Å². The minimum atomic E-state index is 0.166. The highest BCUT2D eigenvalue weighted by Gasteiger charge is 2.19. The number of aromatic nitrogens is 1. The van der Waals surface area contributed by atoms with E-state index < -0.39 is 0 Å². The van der Waals surface area contributed by atoms with Gasteiger partial charge in [-0.3, -0.25) is 4.79 Å². The van der Waals surface area contributed by atoms with Crippen LogP contribution in [0.2, 0.25) is 0 Å². The summed E-state index contributed by atoms with van der Waals surface area (Å²) in [5.74, 6) is 0.584. The number of nitrogens with zero attached hydrogens (tertiary/aromatic N) is 1. The molecule has 0 bridgehead atoms. The van der Waals surface area contributed by atoms with Gasteiger partial charge >= 0.3 is 0 Å². The topological polar surface area (TPSA) is 22.0 Å². The van der Waals surface area contributed by atoms with E-state index in [0.29, 0.717) is 5.92 Å². The largest absolute Gasteiger partial charge is 0.306 e. The lowest BCUT2D eigenvalue weighted by Crippen LogP contribution is -2.24. The first-order valence-electron chi connectivity index (χ1n) is 9.96. The fourth-order valence-corrected chi connectivity index (χ4v) is 7.11. The van der Waals surface area contributed by atoms with E-state index >= 15 is 0 Å². The molecule has 2 nitrogen and oxygen atoms in total. The van der Waals surface area contributed by atoms with Gasteiger partial charge in [0.15, 0.2) is 0 Å². The normalized spacial score (nSPS) is 13.0. The molecule has 0 spiro atoms. The van der Waals surface area contributed by atoms with Gasteiger partial charge in [-0.25, -0.2) is 0 Å². The van der Waals surface area contributed by atoms with Crippen molar-refractivity contribution in [1.29, 1.82) is 0 Å². The number of fused-ring (bicyclic) bond motifs is 3. The molecule has 148 valence electrons. The van der Waals surface area contributed by atoms with Gasteiger partial charge in [-0.15, -0.1) is 22.7 Å². The summed E-state index contributed by atoms with van der Waals surface area (Å²) in [6.45, 7) is 5.35. The Morgan fingerprint density at radius 2 is 1.59 bits per heavy atom. The van der Waals surface area contributed by atoms with E-state index in [0.717, 1.165) is 29.7 Å². The lowest BCUT2D eigenvalue weighted by atomic mass is 9.95. The fraction of sp³-hybridized carbons (Fsp3) is 0.571. The maximum atomic E-state index is 13.3. The van der Waals surface area contributed by atoms with Crippen molar-refractivity contribution in [3.8, 4) is 0 Å². The minimum absolute atomic E-state index is 0.166. The van der Waals surface area contributed by atoms with Crippen LogP contribution in [0.1, 0.15) is 65.2 Å². The molecule has 3 aromatic heterocycles. The first-order chi connectivity index (χ1) is 13.0. The number of hydrogen-bond acceptors (Lipinski definition) is 3. The molecule has 0 N–H and O–H groups in total. The first kappa shape index (κ1) is 21.5. The van der Waals surface area contributed by atoms with Crippen LogP contribution in [0, 0.1) is 5.92 Å². The van der Waals surface area contributed by atoms with E-state index in [1.165, 1.54) is 56.1 Å². The van der Waals surface area contributed by atoms with Gasteiger partial charge in [-0.05, 0) is 62.8 Å². The molecular formula is C21H27Br2NOS2. The van der Waals surface area contributed by atoms with Crippen molar-refractivity contribution in [2.75, 3.05) is 0 Å². The molecule has 6 heteroatoms. The average molecular weight is 533 g/mol. The summed E-state index contributed by atoms with van der Waals surface area (Å²) in [5, 5.41) is 0.856. The van der Waals surface area contributed by atoms with Crippen LogP contribution in [0.5, 0.6) is 0 Å². The molecule has 0 aliphatic heterocycles. The highest BCUT2D eigenvalue weighted by atomic mass is 79.9. The Morgan fingerprint density at radius 1 is 0.926 bits per heavy atom. The molecule has 3 heterocycles. The predicted molar refractivity (Wildman–Crippen MR) is 129 cm³/mol. The third-order valence-corrected chi connectivity index (χ3v) is 8.66. The molecule has 0 radical (unpaired) electrons. The van der Waals surface area contributed by atoms with Gasteiger partial charge in [0, 0.05) is 6.54 Å². The standard InChI is InChI=1S/C21H27Br2NOS2/c1-3-5-7-8-10-14(9-6-4-2)13-24-16-12-18(23)27-20(16)19-15(21(24)25)11-17(22)26-19/h11-12,14H,3-10,13H2,1-2H3. The molecule has 1 unspecified atom stereocenters. The Balaban J connectivity index is 1.96. The molecule has 0 aromatic carbocycles. The molecule has 0 saturated heterocycles.